The monoisotopic (exact) mass is 140 g/mol. The van der Waals surface area contributed by atoms with Crippen molar-refractivity contribution in [3.8, 4) is 6.19 Å². The normalized spacial score (nSPS) is 8.30. The quantitative estimate of drug-likeness (QED) is 0.255. The zero-order chi connectivity index (χ0) is 7.66. The molecule has 3 heteroatoms. The number of nitrogens with zero attached hydrogens (tertiary/aromatic N) is 1. The molecule has 10 heavy (non-hydrogen) atoms. The van der Waals surface area contributed by atoms with E-state index < -0.39 is 0 Å². The van der Waals surface area contributed by atoms with Crippen LogP contribution in [0.5, 0.6) is 0 Å². The first-order valence-corrected chi connectivity index (χ1v) is 3.22. The van der Waals surface area contributed by atoms with Crippen molar-refractivity contribution in [2.45, 2.75) is 6.42 Å². The predicted octanol–water partition coefficient (Wildman–Crippen LogP) is 0.650. The molecule has 0 rings (SSSR count). The highest BCUT2D eigenvalue weighted by atomic mass is 16.5. The first kappa shape index (κ1) is 8.99. The first-order valence-electron chi connectivity index (χ1n) is 3.22. The Kier molecular flexibility index (Phi) is 7.18. The highest BCUT2D eigenvalue weighted by Gasteiger charge is 1.83. The van der Waals surface area contributed by atoms with Gasteiger partial charge in [-0.15, -0.1) is 6.58 Å². The van der Waals surface area contributed by atoms with E-state index in [1.807, 2.05) is 6.19 Å². The van der Waals surface area contributed by atoms with Crippen molar-refractivity contribution in [1.82, 2.24) is 5.32 Å². The van der Waals surface area contributed by atoms with Gasteiger partial charge < -0.3 is 10.1 Å². The Morgan fingerprint density at radius 3 is 3.00 bits per heavy atom. The minimum absolute atomic E-state index is 0.585. The summed E-state index contributed by atoms with van der Waals surface area (Å²) in [6, 6.07) is 0. The van der Waals surface area contributed by atoms with Crippen LogP contribution in [-0.2, 0) is 4.74 Å². The van der Waals surface area contributed by atoms with E-state index in [1.165, 1.54) is 0 Å². The SMILES string of the molecule is C=CCCOCCNC#N. The number of ether oxygens (including phenoxy) is 1. The largest absolute Gasteiger partial charge is 0.379 e. The molecule has 0 fully saturated rings. The number of nitriles is 1. The summed E-state index contributed by atoms with van der Waals surface area (Å²) in [4.78, 5) is 0. The number of nitrogens with one attached hydrogen (secondary N) is 1. The maximum Gasteiger partial charge on any atom is 0.176 e. The molecule has 0 unspecified atom stereocenters. The highest BCUT2D eigenvalue weighted by Crippen LogP contribution is 1.80. The summed E-state index contributed by atoms with van der Waals surface area (Å²) < 4.78 is 5.09. The Balaban J connectivity index is 2.78. The second kappa shape index (κ2) is 7.99. The van der Waals surface area contributed by atoms with Gasteiger partial charge in [-0.25, -0.2) is 0 Å². The average molecular weight is 140 g/mol. The number of hydrogen-bond donors (Lipinski definition) is 1. The van der Waals surface area contributed by atoms with Crippen LogP contribution in [-0.4, -0.2) is 19.8 Å². The fraction of sp³-hybridized carbons (Fsp3) is 0.571. The van der Waals surface area contributed by atoms with Gasteiger partial charge in [0.25, 0.3) is 0 Å². The highest BCUT2D eigenvalue weighted by molar-refractivity contribution is 4.65. The number of rotatable bonds is 6. The minimum Gasteiger partial charge on any atom is -0.379 e. The van der Waals surface area contributed by atoms with E-state index in [4.69, 9.17) is 10.00 Å². The van der Waals surface area contributed by atoms with Crippen LogP contribution >= 0.6 is 0 Å². The van der Waals surface area contributed by atoms with Crippen molar-refractivity contribution in [3.63, 3.8) is 0 Å². The summed E-state index contributed by atoms with van der Waals surface area (Å²) in [5.74, 6) is 0. The third-order valence-corrected chi connectivity index (χ3v) is 0.917. The van der Waals surface area contributed by atoms with Gasteiger partial charge in [0.05, 0.1) is 13.2 Å². The van der Waals surface area contributed by atoms with E-state index in [2.05, 4.69) is 11.9 Å². The van der Waals surface area contributed by atoms with E-state index in [0.717, 1.165) is 6.42 Å². The second-order valence-corrected chi connectivity index (χ2v) is 1.73. The Morgan fingerprint density at radius 2 is 2.40 bits per heavy atom. The Hall–Kier alpha value is -1.01. The fourth-order valence-electron chi connectivity index (χ4n) is 0.448. The zero-order valence-corrected chi connectivity index (χ0v) is 5.97. The standard InChI is InChI=1S/C7H12N2O/c1-2-3-5-10-6-4-9-7-8/h2,9H,1,3-6H2. The molecule has 0 bridgehead atoms. The third kappa shape index (κ3) is 6.99. The maximum absolute atomic E-state index is 8.04. The van der Waals surface area contributed by atoms with Gasteiger partial charge in [0.1, 0.15) is 0 Å². The van der Waals surface area contributed by atoms with Crippen LogP contribution in [0.3, 0.4) is 0 Å². The minimum atomic E-state index is 0.585. The summed E-state index contributed by atoms with van der Waals surface area (Å²) >= 11 is 0. The van der Waals surface area contributed by atoms with Gasteiger partial charge in [0.2, 0.25) is 0 Å². The molecule has 0 atom stereocenters. The molecule has 0 saturated heterocycles. The average Bonchev–Trinajstić information content (AvgIpc) is 1.97. The smallest absolute Gasteiger partial charge is 0.176 e. The maximum atomic E-state index is 8.04. The lowest BCUT2D eigenvalue weighted by molar-refractivity contribution is 0.143. The van der Waals surface area contributed by atoms with Gasteiger partial charge in [-0.3, -0.25) is 0 Å². The molecule has 0 aliphatic rings. The summed E-state index contributed by atoms with van der Waals surface area (Å²) in [6.45, 7) is 5.41. The van der Waals surface area contributed by atoms with Gasteiger partial charge in [-0.05, 0) is 6.42 Å². The van der Waals surface area contributed by atoms with Gasteiger partial charge in [-0.2, -0.15) is 5.26 Å². The van der Waals surface area contributed by atoms with Crippen molar-refractivity contribution < 1.29 is 4.74 Å². The lowest BCUT2D eigenvalue weighted by atomic mass is 10.5. The molecule has 0 radical (unpaired) electrons. The molecule has 0 amide bonds. The molecule has 0 aromatic rings. The molecular formula is C7H12N2O. The zero-order valence-electron chi connectivity index (χ0n) is 5.97. The van der Waals surface area contributed by atoms with Gasteiger partial charge in [-0.1, -0.05) is 6.08 Å². The molecule has 3 nitrogen and oxygen atoms in total. The van der Waals surface area contributed by atoms with Crippen molar-refractivity contribution in [1.29, 1.82) is 5.26 Å². The van der Waals surface area contributed by atoms with E-state index >= 15 is 0 Å². The van der Waals surface area contributed by atoms with Gasteiger partial charge >= 0.3 is 0 Å². The summed E-state index contributed by atoms with van der Waals surface area (Å²) in [5.41, 5.74) is 0. The summed E-state index contributed by atoms with van der Waals surface area (Å²) in [6.07, 6.45) is 4.48. The molecule has 0 saturated carbocycles. The topological polar surface area (TPSA) is 45.0 Å². The lowest BCUT2D eigenvalue weighted by Gasteiger charge is -1.98. The lowest BCUT2D eigenvalue weighted by Crippen LogP contribution is -2.13. The van der Waals surface area contributed by atoms with E-state index in [0.29, 0.717) is 19.8 Å². The van der Waals surface area contributed by atoms with Crippen LogP contribution in [0, 0.1) is 11.5 Å². The van der Waals surface area contributed by atoms with Crippen molar-refractivity contribution in [2.24, 2.45) is 0 Å². The molecule has 0 aromatic carbocycles. The Morgan fingerprint density at radius 1 is 1.60 bits per heavy atom. The molecule has 0 spiro atoms. The summed E-state index contributed by atoms with van der Waals surface area (Å²) in [7, 11) is 0. The second-order valence-electron chi connectivity index (χ2n) is 1.73. The van der Waals surface area contributed by atoms with Crippen LogP contribution in [0.1, 0.15) is 6.42 Å². The van der Waals surface area contributed by atoms with E-state index in [9.17, 15) is 0 Å². The van der Waals surface area contributed by atoms with Gasteiger partial charge in [0.15, 0.2) is 6.19 Å². The van der Waals surface area contributed by atoms with Crippen LogP contribution in [0.4, 0.5) is 0 Å². The third-order valence-electron chi connectivity index (χ3n) is 0.917. The molecule has 56 valence electrons. The molecule has 0 aromatic heterocycles. The van der Waals surface area contributed by atoms with E-state index in [-0.39, 0.29) is 0 Å². The fourth-order valence-corrected chi connectivity index (χ4v) is 0.448. The van der Waals surface area contributed by atoms with Crippen molar-refractivity contribution in [2.75, 3.05) is 19.8 Å². The van der Waals surface area contributed by atoms with Crippen molar-refractivity contribution >= 4 is 0 Å². The molecule has 0 aliphatic carbocycles. The Bertz CT molecular complexity index is 117. The predicted molar refractivity (Wildman–Crippen MR) is 39.2 cm³/mol. The van der Waals surface area contributed by atoms with E-state index in [1.54, 1.807) is 6.08 Å². The van der Waals surface area contributed by atoms with Crippen LogP contribution in [0.15, 0.2) is 12.7 Å². The van der Waals surface area contributed by atoms with Crippen LogP contribution in [0.2, 0.25) is 0 Å². The number of hydrogen-bond acceptors (Lipinski definition) is 3. The molecule has 0 aliphatic heterocycles. The van der Waals surface area contributed by atoms with Crippen molar-refractivity contribution in [3.05, 3.63) is 12.7 Å². The van der Waals surface area contributed by atoms with Gasteiger partial charge in [0, 0.05) is 6.54 Å². The molecule has 0 heterocycles. The van der Waals surface area contributed by atoms with Crippen LogP contribution < -0.4 is 5.32 Å². The molecule has 1 N–H and O–H groups in total. The Labute approximate surface area is 61.3 Å². The summed E-state index contributed by atoms with van der Waals surface area (Å²) in [5, 5.41) is 10.5. The first-order chi connectivity index (χ1) is 4.91. The molecular weight excluding hydrogens is 128 g/mol. The van der Waals surface area contributed by atoms with Crippen LogP contribution in [0.25, 0.3) is 0 Å².